The first-order valence-electron chi connectivity index (χ1n) is 4.96. The summed E-state index contributed by atoms with van der Waals surface area (Å²) in [6.45, 7) is 7.12. The predicted octanol–water partition coefficient (Wildman–Crippen LogP) is 2.58. The molecule has 0 atom stereocenters. The molecule has 1 rings (SSSR count). The number of hydrogen-bond acceptors (Lipinski definition) is 2. The van der Waals surface area contributed by atoms with Crippen molar-refractivity contribution in [1.82, 2.24) is 0 Å². The molecule has 0 saturated carbocycles. The highest BCUT2D eigenvalue weighted by atomic mass is 16.4. The Hall–Kier alpha value is -1.51. The fourth-order valence-corrected chi connectivity index (χ4v) is 1.95. The maximum Gasteiger partial charge on any atom is 0.336 e. The van der Waals surface area contributed by atoms with E-state index in [2.05, 4.69) is 0 Å². The van der Waals surface area contributed by atoms with Crippen LogP contribution in [-0.2, 0) is 6.42 Å². The standard InChI is InChI=1S/C12H16O3/c1-5-9-8(4)10(12(14)15)6(2)7(3)11(9)13/h13H,5H2,1-4H3,(H,14,15). The van der Waals surface area contributed by atoms with Gasteiger partial charge in [0.05, 0.1) is 5.56 Å². The summed E-state index contributed by atoms with van der Waals surface area (Å²) in [4.78, 5) is 11.1. The number of carbonyl (C=O) groups is 1. The van der Waals surface area contributed by atoms with Crippen molar-refractivity contribution in [3.63, 3.8) is 0 Å². The van der Waals surface area contributed by atoms with Crippen molar-refractivity contribution in [3.05, 3.63) is 27.8 Å². The van der Waals surface area contributed by atoms with Crippen LogP contribution in [0.4, 0.5) is 0 Å². The van der Waals surface area contributed by atoms with Gasteiger partial charge in [-0.3, -0.25) is 0 Å². The van der Waals surface area contributed by atoms with E-state index in [9.17, 15) is 9.90 Å². The Balaban J connectivity index is 3.68. The van der Waals surface area contributed by atoms with Gasteiger partial charge in [0.2, 0.25) is 0 Å². The van der Waals surface area contributed by atoms with Gasteiger partial charge in [-0.2, -0.15) is 0 Å². The lowest BCUT2D eigenvalue weighted by Gasteiger charge is -2.15. The Bertz CT molecular complexity index is 420. The Morgan fingerprint density at radius 2 is 1.67 bits per heavy atom. The summed E-state index contributed by atoms with van der Waals surface area (Å²) in [5.41, 5.74) is 3.04. The largest absolute Gasteiger partial charge is 0.507 e. The fraction of sp³-hybridized carbons (Fsp3) is 0.417. The topological polar surface area (TPSA) is 57.5 Å². The number of phenols is 1. The van der Waals surface area contributed by atoms with E-state index in [1.807, 2.05) is 6.92 Å². The number of aromatic carboxylic acids is 1. The number of carboxylic acids is 1. The zero-order valence-electron chi connectivity index (χ0n) is 9.51. The van der Waals surface area contributed by atoms with Crippen molar-refractivity contribution < 1.29 is 15.0 Å². The molecular formula is C12H16O3. The van der Waals surface area contributed by atoms with Crippen LogP contribution in [0.3, 0.4) is 0 Å². The number of benzene rings is 1. The molecule has 0 saturated heterocycles. The quantitative estimate of drug-likeness (QED) is 0.785. The monoisotopic (exact) mass is 208 g/mol. The third kappa shape index (κ3) is 1.69. The number of hydrogen-bond donors (Lipinski definition) is 2. The second-order valence-electron chi connectivity index (χ2n) is 3.74. The number of rotatable bonds is 2. The van der Waals surface area contributed by atoms with E-state index in [0.717, 1.165) is 5.56 Å². The van der Waals surface area contributed by atoms with Crippen LogP contribution >= 0.6 is 0 Å². The molecule has 2 N–H and O–H groups in total. The number of phenolic OH excluding ortho intramolecular Hbond substituents is 1. The minimum absolute atomic E-state index is 0.234. The van der Waals surface area contributed by atoms with E-state index in [1.165, 1.54) is 0 Å². The molecule has 0 aliphatic carbocycles. The summed E-state index contributed by atoms with van der Waals surface area (Å²) in [6, 6.07) is 0. The van der Waals surface area contributed by atoms with Crippen LogP contribution in [0.1, 0.15) is 39.5 Å². The minimum Gasteiger partial charge on any atom is -0.507 e. The Morgan fingerprint density at radius 3 is 2.07 bits per heavy atom. The maximum absolute atomic E-state index is 11.1. The summed E-state index contributed by atoms with van der Waals surface area (Å²) in [5.74, 6) is -0.694. The van der Waals surface area contributed by atoms with Crippen LogP contribution in [0, 0.1) is 20.8 Å². The van der Waals surface area contributed by atoms with Crippen LogP contribution in [0.15, 0.2) is 0 Å². The van der Waals surface area contributed by atoms with E-state index < -0.39 is 5.97 Å². The Morgan fingerprint density at radius 1 is 1.13 bits per heavy atom. The molecule has 0 amide bonds. The Kier molecular flexibility index (Phi) is 3.03. The van der Waals surface area contributed by atoms with E-state index >= 15 is 0 Å². The summed E-state index contributed by atoms with van der Waals surface area (Å²) < 4.78 is 0. The van der Waals surface area contributed by atoms with Gasteiger partial charge in [-0.05, 0) is 49.4 Å². The average Bonchev–Trinajstić information content (AvgIpc) is 2.15. The third-order valence-corrected chi connectivity index (χ3v) is 2.97. The number of aromatic hydroxyl groups is 1. The van der Waals surface area contributed by atoms with Crippen LogP contribution in [0.5, 0.6) is 5.75 Å². The first-order chi connectivity index (χ1) is 6.91. The molecule has 0 aliphatic rings. The highest BCUT2D eigenvalue weighted by Gasteiger charge is 2.19. The molecule has 3 nitrogen and oxygen atoms in total. The molecule has 0 heterocycles. The average molecular weight is 208 g/mol. The SMILES string of the molecule is CCc1c(C)c(C(=O)O)c(C)c(C)c1O. The van der Waals surface area contributed by atoms with Gasteiger partial charge in [-0.1, -0.05) is 6.92 Å². The molecule has 0 fully saturated rings. The van der Waals surface area contributed by atoms with E-state index in [0.29, 0.717) is 28.7 Å². The molecule has 0 aliphatic heterocycles. The first-order valence-corrected chi connectivity index (χ1v) is 4.96. The highest BCUT2D eigenvalue weighted by molar-refractivity contribution is 5.92. The predicted molar refractivity (Wildman–Crippen MR) is 58.7 cm³/mol. The molecule has 15 heavy (non-hydrogen) atoms. The van der Waals surface area contributed by atoms with Gasteiger partial charge in [0.1, 0.15) is 5.75 Å². The first kappa shape index (κ1) is 11.6. The van der Waals surface area contributed by atoms with Crippen LogP contribution in [-0.4, -0.2) is 16.2 Å². The van der Waals surface area contributed by atoms with Crippen molar-refractivity contribution >= 4 is 5.97 Å². The van der Waals surface area contributed by atoms with Crippen molar-refractivity contribution in [2.45, 2.75) is 34.1 Å². The van der Waals surface area contributed by atoms with E-state index in [-0.39, 0.29) is 5.75 Å². The minimum atomic E-state index is -0.928. The molecular weight excluding hydrogens is 192 g/mol. The van der Waals surface area contributed by atoms with Crippen LogP contribution in [0.2, 0.25) is 0 Å². The van der Waals surface area contributed by atoms with Crippen LogP contribution < -0.4 is 0 Å². The van der Waals surface area contributed by atoms with Crippen LogP contribution in [0.25, 0.3) is 0 Å². The van der Waals surface area contributed by atoms with Gasteiger partial charge in [-0.15, -0.1) is 0 Å². The molecule has 0 spiro atoms. The third-order valence-electron chi connectivity index (χ3n) is 2.97. The molecule has 3 heteroatoms. The normalized spacial score (nSPS) is 10.4. The summed E-state index contributed by atoms with van der Waals surface area (Å²) in [5, 5.41) is 19.0. The van der Waals surface area contributed by atoms with Crippen molar-refractivity contribution in [2.24, 2.45) is 0 Å². The number of carboxylic acid groups (broad SMARTS) is 1. The van der Waals surface area contributed by atoms with E-state index in [4.69, 9.17) is 5.11 Å². The van der Waals surface area contributed by atoms with Gasteiger partial charge in [-0.25, -0.2) is 4.79 Å². The lowest BCUT2D eigenvalue weighted by molar-refractivity contribution is 0.0695. The molecule has 1 aromatic rings. The Labute approximate surface area is 89.4 Å². The molecule has 0 radical (unpaired) electrons. The maximum atomic E-state index is 11.1. The van der Waals surface area contributed by atoms with Gasteiger partial charge in [0.25, 0.3) is 0 Å². The lowest BCUT2D eigenvalue weighted by atomic mass is 9.91. The lowest BCUT2D eigenvalue weighted by Crippen LogP contribution is -2.08. The molecule has 0 bridgehead atoms. The zero-order chi connectivity index (χ0) is 11.7. The summed E-state index contributed by atoms with van der Waals surface area (Å²) >= 11 is 0. The van der Waals surface area contributed by atoms with Gasteiger partial charge >= 0.3 is 5.97 Å². The molecule has 0 aromatic heterocycles. The smallest absolute Gasteiger partial charge is 0.336 e. The summed E-state index contributed by atoms with van der Waals surface area (Å²) in [6.07, 6.45) is 0.638. The summed E-state index contributed by atoms with van der Waals surface area (Å²) in [7, 11) is 0. The zero-order valence-corrected chi connectivity index (χ0v) is 9.51. The van der Waals surface area contributed by atoms with Gasteiger partial charge < -0.3 is 10.2 Å². The van der Waals surface area contributed by atoms with Crippen molar-refractivity contribution in [2.75, 3.05) is 0 Å². The van der Waals surface area contributed by atoms with Crippen molar-refractivity contribution in [3.8, 4) is 5.75 Å². The fourth-order valence-electron chi connectivity index (χ4n) is 1.95. The van der Waals surface area contributed by atoms with Gasteiger partial charge in [0.15, 0.2) is 0 Å². The second kappa shape index (κ2) is 3.93. The molecule has 0 unspecified atom stereocenters. The van der Waals surface area contributed by atoms with E-state index in [1.54, 1.807) is 20.8 Å². The second-order valence-corrected chi connectivity index (χ2v) is 3.74. The highest BCUT2D eigenvalue weighted by Crippen LogP contribution is 2.32. The van der Waals surface area contributed by atoms with Gasteiger partial charge in [0, 0.05) is 0 Å². The van der Waals surface area contributed by atoms with Crippen molar-refractivity contribution in [1.29, 1.82) is 0 Å². The molecule has 1 aromatic carbocycles. The molecule has 82 valence electrons.